The van der Waals surface area contributed by atoms with E-state index in [2.05, 4.69) is 0 Å². The molecule has 0 fully saturated rings. The predicted molar refractivity (Wildman–Crippen MR) is 116 cm³/mol. The molecular formula is C23H33NO5S. The molecule has 0 radical (unpaired) electrons. The number of sulfonamides is 1. The number of rotatable bonds is 7. The molecule has 0 unspecified atom stereocenters. The second kappa shape index (κ2) is 9.02. The average Bonchev–Trinajstić information content (AvgIpc) is 3.02. The lowest BCUT2D eigenvalue weighted by Gasteiger charge is -2.33. The fourth-order valence-electron chi connectivity index (χ4n) is 3.58. The molecule has 2 rings (SSSR count). The highest BCUT2D eigenvalue weighted by molar-refractivity contribution is 7.89. The van der Waals surface area contributed by atoms with Crippen molar-refractivity contribution in [2.45, 2.75) is 71.9 Å². The van der Waals surface area contributed by atoms with E-state index in [9.17, 15) is 18.0 Å². The Morgan fingerprint density at radius 1 is 1.13 bits per heavy atom. The minimum absolute atomic E-state index is 0.000711. The van der Waals surface area contributed by atoms with Crippen molar-refractivity contribution in [1.82, 2.24) is 4.31 Å². The van der Waals surface area contributed by atoms with Gasteiger partial charge in [0.05, 0.1) is 29.2 Å². The number of aryl methyl sites for hydroxylation is 1. The molecule has 6 nitrogen and oxygen atoms in total. The van der Waals surface area contributed by atoms with Crippen molar-refractivity contribution in [1.29, 1.82) is 0 Å². The van der Waals surface area contributed by atoms with E-state index in [0.717, 1.165) is 5.56 Å². The fraction of sp³-hybridized carbons (Fsp3) is 0.565. The van der Waals surface area contributed by atoms with Crippen molar-refractivity contribution in [2.24, 2.45) is 11.3 Å². The van der Waals surface area contributed by atoms with Crippen molar-refractivity contribution in [3.63, 3.8) is 0 Å². The summed E-state index contributed by atoms with van der Waals surface area (Å²) in [5, 5.41) is 0. The Bertz CT molecular complexity index is 923. The van der Waals surface area contributed by atoms with Gasteiger partial charge in [-0.05, 0) is 31.9 Å². The summed E-state index contributed by atoms with van der Waals surface area (Å²) in [5.41, 5.74) is 0.627. The molecule has 1 heterocycles. The summed E-state index contributed by atoms with van der Waals surface area (Å²) in [5.74, 6) is -0.790. The number of esters is 1. The van der Waals surface area contributed by atoms with Crippen LogP contribution in [0.2, 0.25) is 0 Å². The molecule has 0 aromatic heterocycles. The van der Waals surface area contributed by atoms with E-state index in [1.807, 2.05) is 20.8 Å². The first-order chi connectivity index (χ1) is 13.8. The molecule has 0 saturated heterocycles. The third-order valence-corrected chi connectivity index (χ3v) is 7.18. The highest BCUT2D eigenvalue weighted by Gasteiger charge is 2.47. The molecule has 166 valence electrons. The number of carbonyl (C=O) groups is 2. The summed E-state index contributed by atoms with van der Waals surface area (Å²) in [7, 11) is -3.95. The number of benzene rings is 1. The first-order valence-corrected chi connectivity index (χ1v) is 11.8. The lowest BCUT2D eigenvalue weighted by atomic mass is 9.87. The second-order valence-electron chi connectivity index (χ2n) is 9.12. The molecule has 0 spiro atoms. The van der Waals surface area contributed by atoms with Gasteiger partial charge in [0, 0.05) is 11.8 Å². The zero-order valence-electron chi connectivity index (χ0n) is 18.9. The van der Waals surface area contributed by atoms with Gasteiger partial charge in [-0.25, -0.2) is 13.2 Å². The Hall–Kier alpha value is -1.99. The van der Waals surface area contributed by atoms with Crippen LogP contribution >= 0.6 is 0 Å². The standard InChI is InChI=1S/C23H33NO5S/c1-8-29-22(26)19-13-17(14-20(25)23(5,6)7)24(21(19)15(2)3)30(27,28)18-11-9-16(4)10-12-18/h9-13,15,17,21H,8,14H2,1-7H3/t17-,21-/m0/s1. The van der Waals surface area contributed by atoms with Gasteiger partial charge in [0.15, 0.2) is 0 Å². The molecule has 0 saturated carbocycles. The quantitative estimate of drug-likeness (QED) is 0.607. The lowest BCUT2D eigenvalue weighted by Crippen LogP contribution is -2.47. The zero-order chi connectivity index (χ0) is 22.9. The van der Waals surface area contributed by atoms with E-state index >= 15 is 0 Å². The normalized spacial score (nSPS) is 20.3. The Balaban J connectivity index is 2.59. The second-order valence-corrected chi connectivity index (χ2v) is 11.0. The number of ether oxygens (including phenoxy) is 1. The van der Waals surface area contributed by atoms with Gasteiger partial charge in [-0.3, -0.25) is 4.79 Å². The molecule has 7 heteroatoms. The van der Waals surface area contributed by atoms with Crippen LogP contribution in [-0.4, -0.2) is 43.2 Å². The van der Waals surface area contributed by atoms with Crippen molar-refractivity contribution in [2.75, 3.05) is 6.61 Å². The number of hydrogen-bond donors (Lipinski definition) is 0. The van der Waals surface area contributed by atoms with Crippen molar-refractivity contribution >= 4 is 21.8 Å². The van der Waals surface area contributed by atoms with Crippen LogP contribution in [0.15, 0.2) is 40.8 Å². The Labute approximate surface area is 180 Å². The van der Waals surface area contributed by atoms with Crippen LogP contribution in [0.25, 0.3) is 0 Å². The smallest absolute Gasteiger partial charge is 0.335 e. The monoisotopic (exact) mass is 435 g/mol. The van der Waals surface area contributed by atoms with Crippen LogP contribution in [0, 0.1) is 18.3 Å². The summed E-state index contributed by atoms with van der Waals surface area (Å²) in [6.45, 7) is 12.9. The molecule has 0 N–H and O–H groups in total. The van der Waals surface area contributed by atoms with E-state index in [1.54, 1.807) is 58.0 Å². The molecule has 0 amide bonds. The summed E-state index contributed by atoms with van der Waals surface area (Å²) < 4.78 is 33.8. The van der Waals surface area contributed by atoms with Crippen LogP contribution in [0.4, 0.5) is 0 Å². The largest absolute Gasteiger partial charge is 0.463 e. The van der Waals surface area contributed by atoms with Crippen LogP contribution < -0.4 is 0 Å². The number of nitrogens with zero attached hydrogens (tertiary/aromatic N) is 1. The van der Waals surface area contributed by atoms with Crippen LogP contribution in [0.5, 0.6) is 0 Å². The van der Waals surface area contributed by atoms with Gasteiger partial charge in [-0.15, -0.1) is 0 Å². The van der Waals surface area contributed by atoms with Crippen molar-refractivity contribution < 1.29 is 22.7 Å². The van der Waals surface area contributed by atoms with Crippen LogP contribution in [0.1, 0.15) is 53.5 Å². The molecular weight excluding hydrogens is 402 g/mol. The first-order valence-electron chi connectivity index (χ1n) is 10.3. The van der Waals surface area contributed by atoms with Crippen molar-refractivity contribution in [3.8, 4) is 0 Å². The molecule has 1 aromatic carbocycles. The van der Waals surface area contributed by atoms with Crippen LogP contribution in [-0.2, 0) is 24.3 Å². The number of hydrogen-bond acceptors (Lipinski definition) is 5. The van der Waals surface area contributed by atoms with Gasteiger partial charge in [0.25, 0.3) is 0 Å². The van der Waals surface area contributed by atoms with E-state index < -0.39 is 33.5 Å². The van der Waals surface area contributed by atoms with Gasteiger partial charge >= 0.3 is 5.97 Å². The summed E-state index contributed by atoms with van der Waals surface area (Å²) >= 11 is 0. The van der Waals surface area contributed by atoms with E-state index in [1.165, 1.54) is 4.31 Å². The van der Waals surface area contributed by atoms with Gasteiger partial charge in [-0.1, -0.05) is 58.4 Å². The fourth-order valence-corrected chi connectivity index (χ4v) is 5.45. The van der Waals surface area contributed by atoms with E-state index in [4.69, 9.17) is 4.74 Å². The minimum Gasteiger partial charge on any atom is -0.463 e. The summed E-state index contributed by atoms with van der Waals surface area (Å²) in [6, 6.07) is 5.16. The van der Waals surface area contributed by atoms with Crippen molar-refractivity contribution in [3.05, 3.63) is 41.5 Å². The molecule has 0 bridgehead atoms. The maximum atomic E-state index is 13.7. The van der Waals surface area contributed by atoms with Gasteiger partial charge in [0.2, 0.25) is 10.0 Å². The van der Waals surface area contributed by atoms with E-state index in [0.29, 0.717) is 5.57 Å². The average molecular weight is 436 g/mol. The molecule has 1 aliphatic heterocycles. The first kappa shape index (κ1) is 24.3. The SMILES string of the molecule is CCOC(=O)C1=C[C@@H](CC(=O)C(C)(C)C)N(S(=O)(=O)c2ccc(C)cc2)[C@H]1C(C)C. The van der Waals surface area contributed by atoms with Gasteiger partial charge in [0.1, 0.15) is 5.78 Å². The van der Waals surface area contributed by atoms with Gasteiger partial charge in [-0.2, -0.15) is 4.31 Å². The topological polar surface area (TPSA) is 80.8 Å². The number of ketones is 1. The summed E-state index contributed by atoms with van der Waals surface area (Å²) in [4.78, 5) is 25.6. The maximum Gasteiger partial charge on any atom is 0.335 e. The van der Waals surface area contributed by atoms with Crippen LogP contribution in [0.3, 0.4) is 0 Å². The maximum absolute atomic E-state index is 13.7. The third-order valence-electron chi connectivity index (χ3n) is 5.26. The molecule has 1 aliphatic rings. The third kappa shape index (κ3) is 5.01. The minimum atomic E-state index is -3.95. The number of carbonyl (C=O) groups excluding carboxylic acids is 2. The number of Topliss-reactive ketones (excluding diaryl/α,β-unsaturated/α-hetero) is 1. The zero-order valence-corrected chi connectivity index (χ0v) is 19.7. The van der Waals surface area contributed by atoms with E-state index in [-0.39, 0.29) is 29.6 Å². The molecule has 1 aromatic rings. The molecule has 2 atom stereocenters. The highest BCUT2D eigenvalue weighted by atomic mass is 32.2. The Morgan fingerprint density at radius 2 is 1.70 bits per heavy atom. The van der Waals surface area contributed by atoms with Gasteiger partial charge < -0.3 is 4.74 Å². The molecule has 30 heavy (non-hydrogen) atoms. The lowest BCUT2D eigenvalue weighted by molar-refractivity contribution is -0.139. The Morgan fingerprint density at radius 3 is 2.17 bits per heavy atom. The highest BCUT2D eigenvalue weighted by Crippen LogP contribution is 2.37. The summed E-state index contributed by atoms with van der Waals surface area (Å²) in [6.07, 6.45) is 1.61. The predicted octanol–water partition coefficient (Wildman–Crippen LogP) is 3.89. The Kier molecular flexibility index (Phi) is 7.30. The molecule has 0 aliphatic carbocycles.